The molecule has 0 radical (unpaired) electrons. The Kier molecular flexibility index (Phi) is 4.68. The van der Waals surface area contributed by atoms with Crippen molar-refractivity contribution in [2.24, 2.45) is 5.92 Å². The number of nitrogens with one attached hydrogen (secondary N) is 2. The van der Waals surface area contributed by atoms with Crippen molar-refractivity contribution < 1.29 is 23.9 Å². The first-order valence-electron chi connectivity index (χ1n) is 8.45. The van der Waals surface area contributed by atoms with E-state index in [4.69, 9.17) is 9.47 Å². The van der Waals surface area contributed by atoms with Gasteiger partial charge >= 0.3 is 0 Å². The predicted octanol–water partition coefficient (Wildman–Crippen LogP) is 1.33. The van der Waals surface area contributed by atoms with Gasteiger partial charge in [-0.2, -0.15) is 0 Å². The van der Waals surface area contributed by atoms with Gasteiger partial charge in [0.05, 0.1) is 10.8 Å². The van der Waals surface area contributed by atoms with Crippen LogP contribution in [0.1, 0.15) is 16.1 Å². The van der Waals surface area contributed by atoms with E-state index in [1.165, 1.54) is 11.3 Å². The highest BCUT2D eigenvalue weighted by atomic mass is 32.1. The standard InChI is InChI=1S/C18H17N3O5S/c22-16-8-11(17(23)19-20-18(24)15-2-1-7-27-15)10-21(16)12-3-4-13-14(9-12)26-6-5-25-13/h1-4,7,9,11H,5-6,8,10H2,(H,19,23)(H,20,24). The quantitative estimate of drug-likeness (QED) is 0.775. The molecule has 1 aromatic heterocycles. The normalized spacial score (nSPS) is 18.3. The largest absolute Gasteiger partial charge is 0.486 e. The van der Waals surface area contributed by atoms with E-state index in [1.807, 2.05) is 0 Å². The molecule has 8 nitrogen and oxygen atoms in total. The molecule has 27 heavy (non-hydrogen) atoms. The summed E-state index contributed by atoms with van der Waals surface area (Å²) in [5, 5.41) is 1.78. The number of amides is 3. The second-order valence-electron chi connectivity index (χ2n) is 6.15. The lowest BCUT2D eigenvalue weighted by atomic mass is 10.1. The Hall–Kier alpha value is -3.07. The van der Waals surface area contributed by atoms with E-state index in [1.54, 1.807) is 40.6 Å². The van der Waals surface area contributed by atoms with Crippen LogP contribution < -0.4 is 25.2 Å². The lowest BCUT2D eigenvalue weighted by Gasteiger charge is -2.22. The number of carbonyl (C=O) groups excluding carboxylic acids is 3. The zero-order valence-corrected chi connectivity index (χ0v) is 15.1. The second-order valence-corrected chi connectivity index (χ2v) is 7.10. The van der Waals surface area contributed by atoms with E-state index < -0.39 is 11.8 Å². The molecule has 3 heterocycles. The lowest BCUT2D eigenvalue weighted by molar-refractivity contribution is -0.126. The minimum Gasteiger partial charge on any atom is -0.486 e. The summed E-state index contributed by atoms with van der Waals surface area (Å²) in [6, 6.07) is 8.68. The number of rotatable bonds is 3. The number of hydrogen-bond acceptors (Lipinski definition) is 6. The van der Waals surface area contributed by atoms with Crippen LogP contribution in [0.3, 0.4) is 0 Å². The van der Waals surface area contributed by atoms with E-state index in [-0.39, 0.29) is 24.8 Å². The number of hydrazine groups is 1. The molecule has 1 unspecified atom stereocenters. The van der Waals surface area contributed by atoms with Crippen molar-refractivity contribution in [1.29, 1.82) is 0 Å². The first-order valence-corrected chi connectivity index (χ1v) is 9.33. The van der Waals surface area contributed by atoms with E-state index >= 15 is 0 Å². The van der Waals surface area contributed by atoms with Crippen molar-refractivity contribution in [1.82, 2.24) is 10.9 Å². The number of nitrogens with zero attached hydrogens (tertiary/aromatic N) is 1. The first-order chi connectivity index (χ1) is 13.1. The molecule has 1 atom stereocenters. The molecule has 0 bridgehead atoms. The van der Waals surface area contributed by atoms with Crippen LogP contribution in [0.15, 0.2) is 35.7 Å². The monoisotopic (exact) mass is 387 g/mol. The van der Waals surface area contributed by atoms with E-state index in [0.717, 1.165) is 0 Å². The minimum absolute atomic E-state index is 0.0785. The molecule has 3 amide bonds. The number of anilines is 1. The Morgan fingerprint density at radius 1 is 1.11 bits per heavy atom. The van der Waals surface area contributed by atoms with Crippen LogP contribution in [0, 0.1) is 5.92 Å². The molecular formula is C18H17N3O5S. The fraction of sp³-hybridized carbons (Fsp3) is 0.278. The van der Waals surface area contributed by atoms with Crippen LogP contribution in [-0.2, 0) is 9.59 Å². The van der Waals surface area contributed by atoms with Crippen molar-refractivity contribution in [3.8, 4) is 11.5 Å². The van der Waals surface area contributed by atoms with Gasteiger partial charge in [0.1, 0.15) is 13.2 Å². The number of fused-ring (bicyclic) bond motifs is 1. The lowest BCUT2D eigenvalue weighted by Crippen LogP contribution is -2.44. The molecule has 0 saturated carbocycles. The smallest absolute Gasteiger partial charge is 0.279 e. The van der Waals surface area contributed by atoms with Gasteiger partial charge in [0.15, 0.2) is 11.5 Å². The summed E-state index contributed by atoms with van der Waals surface area (Å²) in [6.07, 6.45) is 0.0785. The summed E-state index contributed by atoms with van der Waals surface area (Å²) < 4.78 is 11.0. The fourth-order valence-corrected chi connectivity index (χ4v) is 3.64. The summed E-state index contributed by atoms with van der Waals surface area (Å²) in [5.74, 6) is -0.254. The van der Waals surface area contributed by atoms with Gasteiger partial charge in [-0.25, -0.2) is 0 Å². The van der Waals surface area contributed by atoms with Crippen LogP contribution >= 0.6 is 11.3 Å². The molecule has 2 aliphatic rings. The topological polar surface area (TPSA) is 97.0 Å². The summed E-state index contributed by atoms with van der Waals surface area (Å²) in [5.41, 5.74) is 5.43. The van der Waals surface area contributed by atoms with Crippen molar-refractivity contribution in [3.63, 3.8) is 0 Å². The van der Waals surface area contributed by atoms with Crippen molar-refractivity contribution >= 4 is 34.7 Å². The van der Waals surface area contributed by atoms with Crippen molar-refractivity contribution in [2.75, 3.05) is 24.7 Å². The maximum absolute atomic E-state index is 12.4. The number of benzene rings is 1. The van der Waals surface area contributed by atoms with Gasteiger partial charge in [-0.15, -0.1) is 11.3 Å². The first kappa shape index (κ1) is 17.3. The molecule has 1 fully saturated rings. The van der Waals surface area contributed by atoms with Crippen LogP contribution in [0.4, 0.5) is 5.69 Å². The molecule has 1 saturated heterocycles. The Balaban J connectivity index is 1.38. The average molecular weight is 387 g/mol. The molecule has 2 aromatic rings. The third-order valence-electron chi connectivity index (χ3n) is 4.38. The van der Waals surface area contributed by atoms with Gasteiger partial charge in [0.25, 0.3) is 5.91 Å². The highest BCUT2D eigenvalue weighted by Gasteiger charge is 2.35. The molecule has 1 aromatic carbocycles. The maximum atomic E-state index is 12.4. The number of ether oxygens (including phenoxy) is 2. The van der Waals surface area contributed by atoms with Crippen LogP contribution in [-0.4, -0.2) is 37.5 Å². The molecule has 2 aliphatic heterocycles. The van der Waals surface area contributed by atoms with Gasteiger partial charge in [-0.3, -0.25) is 25.2 Å². The van der Waals surface area contributed by atoms with Gasteiger partial charge in [0.2, 0.25) is 11.8 Å². The summed E-state index contributed by atoms with van der Waals surface area (Å²) >= 11 is 1.28. The highest BCUT2D eigenvalue weighted by molar-refractivity contribution is 7.12. The maximum Gasteiger partial charge on any atom is 0.279 e. The molecule has 2 N–H and O–H groups in total. The zero-order valence-electron chi connectivity index (χ0n) is 14.3. The van der Waals surface area contributed by atoms with Crippen LogP contribution in [0.25, 0.3) is 0 Å². The third kappa shape index (κ3) is 3.59. The van der Waals surface area contributed by atoms with Crippen LogP contribution in [0.5, 0.6) is 11.5 Å². The Labute approximate surface area is 159 Å². The molecule has 9 heteroatoms. The predicted molar refractivity (Wildman–Crippen MR) is 97.8 cm³/mol. The minimum atomic E-state index is -0.547. The van der Waals surface area contributed by atoms with Gasteiger partial charge in [0, 0.05) is 24.7 Å². The molecule has 0 aliphatic carbocycles. The molecule has 140 valence electrons. The van der Waals surface area contributed by atoms with Crippen molar-refractivity contribution in [3.05, 3.63) is 40.6 Å². The second kappa shape index (κ2) is 7.28. The van der Waals surface area contributed by atoms with Gasteiger partial charge in [-0.1, -0.05) is 6.07 Å². The zero-order chi connectivity index (χ0) is 18.8. The molecular weight excluding hydrogens is 370 g/mol. The average Bonchev–Trinajstić information content (AvgIpc) is 3.35. The van der Waals surface area contributed by atoms with E-state index in [9.17, 15) is 14.4 Å². The molecule has 0 spiro atoms. The fourth-order valence-electron chi connectivity index (χ4n) is 3.02. The Morgan fingerprint density at radius 3 is 2.70 bits per heavy atom. The van der Waals surface area contributed by atoms with Crippen molar-refractivity contribution in [2.45, 2.75) is 6.42 Å². The van der Waals surface area contributed by atoms with Gasteiger partial charge < -0.3 is 14.4 Å². The highest BCUT2D eigenvalue weighted by Crippen LogP contribution is 2.35. The third-order valence-corrected chi connectivity index (χ3v) is 5.25. The summed E-state index contributed by atoms with van der Waals surface area (Å²) in [4.78, 5) is 38.6. The Morgan fingerprint density at radius 2 is 1.93 bits per heavy atom. The van der Waals surface area contributed by atoms with E-state index in [0.29, 0.717) is 35.3 Å². The number of carbonyl (C=O) groups is 3. The SMILES string of the molecule is O=C(NNC(=O)C1CC(=O)N(c2ccc3c(c2)OCCO3)C1)c1cccs1. The number of hydrogen-bond donors (Lipinski definition) is 2. The van der Waals surface area contributed by atoms with Gasteiger partial charge in [-0.05, 0) is 23.6 Å². The summed E-state index contributed by atoms with van der Waals surface area (Å²) in [7, 11) is 0. The van der Waals surface area contributed by atoms with E-state index in [2.05, 4.69) is 10.9 Å². The molecule has 4 rings (SSSR count). The summed E-state index contributed by atoms with van der Waals surface area (Å²) in [6.45, 7) is 1.19. The van der Waals surface area contributed by atoms with Crippen LogP contribution in [0.2, 0.25) is 0 Å². The Bertz CT molecular complexity index is 883. The number of thiophene rings is 1.